The summed E-state index contributed by atoms with van der Waals surface area (Å²) in [6.07, 6.45) is 1.51. The summed E-state index contributed by atoms with van der Waals surface area (Å²) in [5.74, 6) is -0.896. The van der Waals surface area contributed by atoms with Crippen molar-refractivity contribution in [3.8, 4) is 0 Å². The molecule has 0 aromatic heterocycles. The summed E-state index contributed by atoms with van der Waals surface area (Å²) in [6.45, 7) is 3.68. The Labute approximate surface area is 156 Å². The standard InChI is InChI=1S/C18H21ClFN3O3/c1-12(24)23-6-2-3-16(23)18(26)22-9-7-21(8-10-22)17(25)14-5-4-13(20)11-15(14)19/h4-5,11,16H,2-3,6-10H2,1H3. The minimum Gasteiger partial charge on any atom is -0.337 e. The minimum atomic E-state index is -0.492. The molecule has 1 atom stereocenters. The number of rotatable bonds is 2. The number of halogens is 2. The van der Waals surface area contributed by atoms with Crippen molar-refractivity contribution in [1.82, 2.24) is 14.7 Å². The van der Waals surface area contributed by atoms with Crippen LogP contribution in [-0.2, 0) is 9.59 Å². The van der Waals surface area contributed by atoms with Crippen molar-refractivity contribution in [2.45, 2.75) is 25.8 Å². The average molecular weight is 382 g/mol. The van der Waals surface area contributed by atoms with E-state index in [9.17, 15) is 18.8 Å². The number of benzene rings is 1. The summed E-state index contributed by atoms with van der Waals surface area (Å²) in [5, 5.41) is 0.0801. The predicted molar refractivity (Wildman–Crippen MR) is 94.3 cm³/mol. The van der Waals surface area contributed by atoms with E-state index in [1.165, 1.54) is 19.1 Å². The van der Waals surface area contributed by atoms with Crippen molar-refractivity contribution in [3.63, 3.8) is 0 Å². The summed E-state index contributed by atoms with van der Waals surface area (Å²) in [4.78, 5) is 41.9. The fourth-order valence-electron chi connectivity index (χ4n) is 3.57. The number of carbonyl (C=O) groups is 3. The first-order valence-electron chi connectivity index (χ1n) is 8.69. The van der Waals surface area contributed by atoms with Crippen LogP contribution in [-0.4, -0.2) is 71.2 Å². The molecule has 1 unspecified atom stereocenters. The Morgan fingerprint density at radius 3 is 2.35 bits per heavy atom. The van der Waals surface area contributed by atoms with Crippen molar-refractivity contribution >= 4 is 29.3 Å². The summed E-state index contributed by atoms with van der Waals surface area (Å²) >= 11 is 5.97. The third kappa shape index (κ3) is 3.67. The highest BCUT2D eigenvalue weighted by molar-refractivity contribution is 6.33. The Kier molecular flexibility index (Phi) is 5.46. The van der Waals surface area contributed by atoms with Gasteiger partial charge in [0, 0.05) is 39.6 Å². The molecule has 2 heterocycles. The molecule has 140 valence electrons. The Hall–Kier alpha value is -2.15. The molecule has 8 heteroatoms. The maximum absolute atomic E-state index is 13.1. The van der Waals surface area contributed by atoms with Crippen LogP contribution >= 0.6 is 11.6 Å². The van der Waals surface area contributed by atoms with Crippen molar-refractivity contribution in [1.29, 1.82) is 0 Å². The van der Waals surface area contributed by atoms with Crippen LogP contribution in [0.25, 0.3) is 0 Å². The fourth-order valence-corrected chi connectivity index (χ4v) is 3.82. The lowest BCUT2D eigenvalue weighted by Crippen LogP contribution is -2.55. The van der Waals surface area contributed by atoms with E-state index in [-0.39, 0.29) is 34.3 Å². The smallest absolute Gasteiger partial charge is 0.255 e. The molecule has 6 nitrogen and oxygen atoms in total. The Balaban J connectivity index is 1.61. The SMILES string of the molecule is CC(=O)N1CCCC1C(=O)N1CCN(C(=O)c2ccc(F)cc2Cl)CC1. The lowest BCUT2D eigenvalue weighted by molar-refractivity contribution is -0.143. The third-order valence-corrected chi connectivity index (χ3v) is 5.30. The first-order chi connectivity index (χ1) is 12.4. The molecule has 2 fully saturated rings. The molecule has 0 saturated carbocycles. The van der Waals surface area contributed by atoms with Crippen molar-refractivity contribution in [3.05, 3.63) is 34.6 Å². The second-order valence-corrected chi connectivity index (χ2v) is 7.02. The summed E-state index contributed by atoms with van der Waals surface area (Å²) in [7, 11) is 0. The van der Waals surface area contributed by atoms with Crippen LogP contribution in [0.5, 0.6) is 0 Å². The van der Waals surface area contributed by atoms with Gasteiger partial charge in [-0.2, -0.15) is 0 Å². The molecule has 0 N–H and O–H groups in total. The van der Waals surface area contributed by atoms with Crippen LogP contribution in [0, 0.1) is 5.82 Å². The Bertz CT molecular complexity index is 734. The van der Waals surface area contributed by atoms with E-state index in [1.54, 1.807) is 14.7 Å². The first-order valence-corrected chi connectivity index (χ1v) is 9.06. The van der Waals surface area contributed by atoms with Gasteiger partial charge in [0.25, 0.3) is 5.91 Å². The summed E-state index contributed by atoms with van der Waals surface area (Å²) in [6, 6.07) is 3.31. The Morgan fingerprint density at radius 1 is 1.08 bits per heavy atom. The monoisotopic (exact) mass is 381 g/mol. The molecule has 1 aromatic rings. The molecular weight excluding hydrogens is 361 g/mol. The van der Waals surface area contributed by atoms with Gasteiger partial charge in [0.2, 0.25) is 11.8 Å². The highest BCUT2D eigenvalue weighted by Crippen LogP contribution is 2.22. The number of hydrogen-bond acceptors (Lipinski definition) is 3. The molecule has 0 bridgehead atoms. The lowest BCUT2D eigenvalue weighted by Gasteiger charge is -2.37. The molecule has 2 aliphatic heterocycles. The molecule has 2 aliphatic rings. The molecule has 3 amide bonds. The van der Waals surface area contributed by atoms with E-state index in [2.05, 4.69) is 0 Å². The van der Waals surface area contributed by atoms with Crippen molar-refractivity contribution < 1.29 is 18.8 Å². The first kappa shape index (κ1) is 18.6. The topological polar surface area (TPSA) is 60.9 Å². The molecular formula is C18H21ClFN3O3. The maximum atomic E-state index is 13.1. The quantitative estimate of drug-likeness (QED) is 0.784. The number of piperazine rings is 1. The van der Waals surface area contributed by atoms with Crippen LogP contribution in [0.2, 0.25) is 5.02 Å². The number of carbonyl (C=O) groups excluding carboxylic acids is 3. The molecule has 2 saturated heterocycles. The average Bonchev–Trinajstić information content (AvgIpc) is 3.11. The number of hydrogen-bond donors (Lipinski definition) is 0. The normalized spacial score (nSPS) is 20.4. The van der Waals surface area contributed by atoms with Crippen LogP contribution in [0.1, 0.15) is 30.1 Å². The minimum absolute atomic E-state index is 0.0513. The maximum Gasteiger partial charge on any atom is 0.255 e. The second kappa shape index (κ2) is 7.61. The zero-order valence-corrected chi connectivity index (χ0v) is 15.3. The van der Waals surface area contributed by atoms with Crippen molar-refractivity contribution in [2.75, 3.05) is 32.7 Å². The molecule has 1 aromatic carbocycles. The third-order valence-electron chi connectivity index (χ3n) is 4.98. The highest BCUT2D eigenvalue weighted by atomic mass is 35.5. The van der Waals surface area contributed by atoms with Gasteiger partial charge in [-0.15, -0.1) is 0 Å². The van der Waals surface area contributed by atoms with Crippen LogP contribution in [0.3, 0.4) is 0 Å². The van der Waals surface area contributed by atoms with Crippen molar-refractivity contribution in [2.24, 2.45) is 0 Å². The van der Waals surface area contributed by atoms with E-state index in [0.29, 0.717) is 39.1 Å². The zero-order valence-electron chi connectivity index (χ0n) is 14.6. The van der Waals surface area contributed by atoms with Gasteiger partial charge in [0.1, 0.15) is 11.9 Å². The number of amides is 3. The van der Waals surface area contributed by atoms with Crippen LogP contribution < -0.4 is 0 Å². The van der Waals surface area contributed by atoms with E-state index < -0.39 is 5.82 Å². The second-order valence-electron chi connectivity index (χ2n) is 6.61. The molecule has 3 rings (SSSR count). The van der Waals surface area contributed by atoms with Gasteiger partial charge in [0.05, 0.1) is 10.6 Å². The van der Waals surface area contributed by atoms with E-state index in [0.717, 1.165) is 12.5 Å². The van der Waals surface area contributed by atoms with Gasteiger partial charge in [-0.05, 0) is 31.0 Å². The lowest BCUT2D eigenvalue weighted by atomic mass is 10.1. The van der Waals surface area contributed by atoms with Gasteiger partial charge < -0.3 is 14.7 Å². The van der Waals surface area contributed by atoms with Gasteiger partial charge in [0.15, 0.2) is 0 Å². The highest BCUT2D eigenvalue weighted by Gasteiger charge is 2.36. The number of nitrogens with zero attached hydrogens (tertiary/aromatic N) is 3. The number of likely N-dealkylation sites (tertiary alicyclic amines) is 1. The summed E-state index contributed by atoms with van der Waals surface area (Å²) in [5.41, 5.74) is 0.256. The van der Waals surface area contributed by atoms with E-state index in [1.807, 2.05) is 0 Å². The molecule has 0 aliphatic carbocycles. The molecule has 0 spiro atoms. The van der Waals surface area contributed by atoms with Crippen LogP contribution in [0.15, 0.2) is 18.2 Å². The molecule has 26 heavy (non-hydrogen) atoms. The van der Waals surface area contributed by atoms with Gasteiger partial charge in [-0.1, -0.05) is 11.6 Å². The fraction of sp³-hybridized carbons (Fsp3) is 0.500. The van der Waals surface area contributed by atoms with Gasteiger partial charge >= 0.3 is 0 Å². The van der Waals surface area contributed by atoms with E-state index in [4.69, 9.17) is 11.6 Å². The van der Waals surface area contributed by atoms with Gasteiger partial charge in [-0.25, -0.2) is 4.39 Å². The van der Waals surface area contributed by atoms with Gasteiger partial charge in [-0.3, -0.25) is 14.4 Å². The zero-order chi connectivity index (χ0) is 18.8. The van der Waals surface area contributed by atoms with E-state index >= 15 is 0 Å². The predicted octanol–water partition coefficient (Wildman–Crippen LogP) is 1.77. The largest absolute Gasteiger partial charge is 0.337 e. The van der Waals surface area contributed by atoms with Crippen LogP contribution in [0.4, 0.5) is 4.39 Å². The molecule has 0 radical (unpaired) electrons. The Morgan fingerprint density at radius 2 is 1.73 bits per heavy atom. The summed E-state index contributed by atoms with van der Waals surface area (Å²) < 4.78 is 13.1.